The van der Waals surface area contributed by atoms with Crippen LogP contribution in [0.5, 0.6) is 0 Å². The van der Waals surface area contributed by atoms with Crippen molar-refractivity contribution < 1.29 is 5.11 Å². The third-order valence-corrected chi connectivity index (χ3v) is 4.24. The molecule has 1 aliphatic rings. The van der Waals surface area contributed by atoms with Crippen LogP contribution in [-0.2, 0) is 0 Å². The molecule has 96 valence electrons. The van der Waals surface area contributed by atoms with Gasteiger partial charge in [-0.2, -0.15) is 4.98 Å². The summed E-state index contributed by atoms with van der Waals surface area (Å²) in [5, 5.41) is 12.5. The highest BCUT2D eigenvalue weighted by Crippen LogP contribution is 2.32. The van der Waals surface area contributed by atoms with Crippen LogP contribution in [0.25, 0.3) is 10.2 Å². The van der Waals surface area contributed by atoms with E-state index in [0.717, 1.165) is 41.8 Å². The van der Waals surface area contributed by atoms with Gasteiger partial charge in [-0.1, -0.05) is 0 Å². The summed E-state index contributed by atoms with van der Waals surface area (Å²) in [6, 6.07) is 2.17. The number of fused-ring (bicyclic) bond motifs is 1. The zero-order chi connectivity index (χ0) is 12.5. The molecule has 0 aliphatic carbocycles. The number of hydrogen-bond donors (Lipinski definition) is 2. The molecule has 3 rings (SSSR count). The molecule has 0 spiro atoms. The number of aromatic nitrogens is 2. The van der Waals surface area contributed by atoms with Crippen LogP contribution in [0.15, 0.2) is 11.4 Å². The highest BCUT2D eigenvalue weighted by Gasteiger charge is 2.25. The van der Waals surface area contributed by atoms with Crippen molar-refractivity contribution in [2.24, 2.45) is 0 Å². The minimum atomic E-state index is 0.149. The topological polar surface area (TPSA) is 75.3 Å². The molecule has 1 aliphatic heterocycles. The fourth-order valence-electron chi connectivity index (χ4n) is 2.54. The van der Waals surface area contributed by atoms with Crippen molar-refractivity contribution >= 4 is 33.3 Å². The Hall–Kier alpha value is -1.40. The Labute approximate surface area is 109 Å². The maximum Gasteiger partial charge on any atom is 0.223 e. The van der Waals surface area contributed by atoms with E-state index < -0.39 is 0 Å². The second kappa shape index (κ2) is 4.70. The number of nitrogens with zero attached hydrogens (tertiary/aromatic N) is 3. The Balaban J connectivity index is 2.08. The summed E-state index contributed by atoms with van der Waals surface area (Å²) in [4.78, 5) is 11.7. The molecule has 5 nitrogen and oxygen atoms in total. The average molecular weight is 264 g/mol. The van der Waals surface area contributed by atoms with Gasteiger partial charge < -0.3 is 15.7 Å². The minimum absolute atomic E-state index is 0.149. The number of thiophene rings is 1. The van der Waals surface area contributed by atoms with Crippen molar-refractivity contribution in [3.05, 3.63) is 11.4 Å². The van der Waals surface area contributed by atoms with Gasteiger partial charge in [0.05, 0.1) is 18.0 Å². The summed E-state index contributed by atoms with van der Waals surface area (Å²) in [7, 11) is 0. The van der Waals surface area contributed by atoms with Crippen LogP contribution in [-0.4, -0.2) is 34.3 Å². The minimum Gasteiger partial charge on any atom is -0.394 e. The van der Waals surface area contributed by atoms with Crippen molar-refractivity contribution in [3.8, 4) is 0 Å². The van der Waals surface area contributed by atoms with Crippen LogP contribution < -0.4 is 10.6 Å². The Bertz CT molecular complexity index is 556. The predicted octanol–water partition coefficient (Wildman–Crippen LogP) is 1.62. The lowest BCUT2D eigenvalue weighted by Gasteiger charge is -2.35. The summed E-state index contributed by atoms with van der Waals surface area (Å²) < 4.78 is 0. The Morgan fingerprint density at radius 2 is 2.33 bits per heavy atom. The molecule has 1 fully saturated rings. The first kappa shape index (κ1) is 11.7. The van der Waals surface area contributed by atoms with Gasteiger partial charge in [-0.15, -0.1) is 11.3 Å². The van der Waals surface area contributed by atoms with E-state index in [1.807, 2.05) is 11.4 Å². The van der Waals surface area contributed by atoms with Crippen LogP contribution in [0.1, 0.15) is 19.3 Å². The van der Waals surface area contributed by atoms with E-state index in [1.165, 1.54) is 0 Å². The van der Waals surface area contributed by atoms with E-state index in [0.29, 0.717) is 5.95 Å². The molecule has 18 heavy (non-hydrogen) atoms. The Morgan fingerprint density at radius 3 is 3.17 bits per heavy atom. The molecule has 1 unspecified atom stereocenters. The second-order valence-corrected chi connectivity index (χ2v) is 5.46. The smallest absolute Gasteiger partial charge is 0.223 e. The highest BCUT2D eigenvalue weighted by molar-refractivity contribution is 7.16. The first-order valence-corrected chi connectivity index (χ1v) is 7.06. The van der Waals surface area contributed by atoms with Crippen LogP contribution in [0.2, 0.25) is 0 Å². The van der Waals surface area contributed by atoms with Gasteiger partial charge in [0.1, 0.15) is 10.6 Å². The van der Waals surface area contributed by atoms with Crippen molar-refractivity contribution in [2.45, 2.75) is 25.3 Å². The molecular formula is C12H16N4OS. The lowest BCUT2D eigenvalue weighted by atomic mass is 10.0. The zero-order valence-electron chi connectivity index (χ0n) is 10.0. The molecular weight excluding hydrogens is 248 g/mol. The van der Waals surface area contributed by atoms with Crippen molar-refractivity contribution in [3.63, 3.8) is 0 Å². The number of nitrogens with two attached hydrogens (primary N) is 1. The molecule has 3 heterocycles. The zero-order valence-corrected chi connectivity index (χ0v) is 10.9. The largest absolute Gasteiger partial charge is 0.394 e. The molecule has 0 saturated carbocycles. The first-order chi connectivity index (χ1) is 8.79. The Morgan fingerprint density at radius 1 is 1.44 bits per heavy atom. The van der Waals surface area contributed by atoms with Crippen molar-refractivity contribution in [1.29, 1.82) is 0 Å². The summed E-state index contributed by atoms with van der Waals surface area (Å²) in [6.45, 7) is 1.09. The van der Waals surface area contributed by atoms with Crippen LogP contribution in [0, 0.1) is 0 Å². The third-order valence-electron chi connectivity index (χ3n) is 3.43. The maximum absolute atomic E-state index is 9.50. The molecule has 1 atom stereocenters. The van der Waals surface area contributed by atoms with Gasteiger partial charge in [0.15, 0.2) is 0 Å². The number of rotatable bonds is 2. The molecule has 0 amide bonds. The van der Waals surface area contributed by atoms with E-state index in [4.69, 9.17) is 5.73 Å². The number of aliphatic hydroxyl groups excluding tert-OH is 1. The molecule has 2 aromatic heterocycles. The van der Waals surface area contributed by atoms with Crippen molar-refractivity contribution in [2.75, 3.05) is 23.8 Å². The normalized spacial score (nSPS) is 20.5. The monoisotopic (exact) mass is 264 g/mol. The fourth-order valence-corrected chi connectivity index (χ4v) is 3.31. The van der Waals surface area contributed by atoms with E-state index in [1.54, 1.807) is 11.3 Å². The van der Waals surface area contributed by atoms with Gasteiger partial charge in [0, 0.05) is 6.54 Å². The summed E-state index contributed by atoms with van der Waals surface area (Å²) in [5.41, 5.74) is 5.77. The molecule has 6 heteroatoms. The van der Waals surface area contributed by atoms with Crippen LogP contribution in [0.4, 0.5) is 11.8 Å². The van der Waals surface area contributed by atoms with Gasteiger partial charge in [0.2, 0.25) is 5.95 Å². The van der Waals surface area contributed by atoms with Gasteiger partial charge in [-0.3, -0.25) is 0 Å². The van der Waals surface area contributed by atoms with Gasteiger partial charge >= 0.3 is 0 Å². The molecule has 0 bridgehead atoms. The van der Waals surface area contributed by atoms with Crippen molar-refractivity contribution in [1.82, 2.24) is 9.97 Å². The highest BCUT2D eigenvalue weighted by atomic mass is 32.1. The van der Waals surface area contributed by atoms with Gasteiger partial charge in [-0.25, -0.2) is 4.98 Å². The predicted molar refractivity (Wildman–Crippen MR) is 73.9 cm³/mol. The number of aliphatic hydroxyl groups is 1. The first-order valence-electron chi connectivity index (χ1n) is 6.18. The van der Waals surface area contributed by atoms with E-state index in [2.05, 4.69) is 14.9 Å². The SMILES string of the molecule is Nc1nc(N2CCCCC2CO)c2ccsc2n1. The number of hydrogen-bond acceptors (Lipinski definition) is 6. The third kappa shape index (κ3) is 1.91. The lowest BCUT2D eigenvalue weighted by Crippen LogP contribution is -2.42. The maximum atomic E-state index is 9.50. The number of anilines is 2. The summed E-state index contributed by atoms with van der Waals surface area (Å²) in [6.07, 6.45) is 3.30. The molecule has 0 radical (unpaired) electrons. The van der Waals surface area contributed by atoms with E-state index >= 15 is 0 Å². The number of nitrogen functional groups attached to an aromatic ring is 1. The Kier molecular flexibility index (Phi) is 3.05. The number of piperidine rings is 1. The summed E-state index contributed by atoms with van der Waals surface area (Å²) >= 11 is 1.57. The molecule has 2 aromatic rings. The van der Waals surface area contributed by atoms with E-state index in [-0.39, 0.29) is 12.6 Å². The van der Waals surface area contributed by atoms with Gasteiger partial charge in [0.25, 0.3) is 0 Å². The molecule has 0 aromatic carbocycles. The average Bonchev–Trinajstić information content (AvgIpc) is 2.85. The fraction of sp³-hybridized carbons (Fsp3) is 0.500. The van der Waals surface area contributed by atoms with Gasteiger partial charge in [-0.05, 0) is 30.7 Å². The molecule has 3 N–H and O–H groups in total. The quantitative estimate of drug-likeness (QED) is 0.862. The lowest BCUT2D eigenvalue weighted by molar-refractivity contribution is 0.239. The standard InChI is InChI=1S/C12H16N4OS/c13-12-14-10(9-4-6-18-11(9)15-12)16-5-2-1-3-8(16)7-17/h4,6,8,17H,1-3,5,7H2,(H2,13,14,15). The van der Waals surface area contributed by atoms with E-state index in [9.17, 15) is 5.11 Å². The second-order valence-electron chi connectivity index (χ2n) is 4.57. The molecule has 1 saturated heterocycles. The van der Waals surface area contributed by atoms with Crippen LogP contribution in [0.3, 0.4) is 0 Å². The summed E-state index contributed by atoms with van der Waals surface area (Å²) in [5.74, 6) is 1.18. The van der Waals surface area contributed by atoms with Crippen LogP contribution >= 0.6 is 11.3 Å².